The van der Waals surface area contributed by atoms with Crippen LogP contribution in [0.2, 0.25) is 0 Å². The minimum atomic E-state index is -0.297. The van der Waals surface area contributed by atoms with Crippen LogP contribution in [0.1, 0.15) is 35.2 Å². The van der Waals surface area contributed by atoms with Crippen LogP contribution in [0.15, 0.2) is 18.2 Å². The van der Waals surface area contributed by atoms with Gasteiger partial charge in [-0.3, -0.25) is 0 Å². The van der Waals surface area contributed by atoms with E-state index in [9.17, 15) is 4.79 Å². The number of carbonyl (C=O) groups is 1. The van der Waals surface area contributed by atoms with Gasteiger partial charge in [0.05, 0.1) is 25.8 Å². The minimum absolute atomic E-state index is 0.297. The van der Waals surface area contributed by atoms with Gasteiger partial charge in [-0.05, 0) is 31.4 Å². The lowest BCUT2D eigenvalue weighted by Crippen LogP contribution is -3.11. The number of anilines is 1. The molecule has 1 aliphatic heterocycles. The number of nitrogen functional groups attached to an aromatic ring is 1. The van der Waals surface area contributed by atoms with Crippen molar-refractivity contribution >= 4 is 11.7 Å². The summed E-state index contributed by atoms with van der Waals surface area (Å²) in [6.45, 7) is 3.14. The Balaban J connectivity index is 2.21. The van der Waals surface area contributed by atoms with E-state index in [4.69, 9.17) is 10.5 Å². The number of nitrogens with one attached hydrogen (secondary N) is 1. The molecule has 0 bridgehead atoms. The molecule has 0 atom stereocenters. The van der Waals surface area contributed by atoms with Crippen LogP contribution in [0.25, 0.3) is 0 Å². The number of rotatable bonds is 3. The summed E-state index contributed by atoms with van der Waals surface area (Å²) in [6, 6.07) is 5.45. The Bertz CT molecular complexity index is 426. The van der Waals surface area contributed by atoms with Gasteiger partial charge in [-0.15, -0.1) is 0 Å². The molecule has 1 fully saturated rings. The van der Waals surface area contributed by atoms with Gasteiger partial charge in [0.1, 0.15) is 6.54 Å². The molecule has 1 aliphatic rings. The van der Waals surface area contributed by atoms with Crippen molar-refractivity contribution in [2.24, 2.45) is 0 Å². The number of piperidine rings is 1. The fourth-order valence-electron chi connectivity index (χ4n) is 2.58. The molecule has 1 heterocycles. The first-order valence-electron chi connectivity index (χ1n) is 6.51. The van der Waals surface area contributed by atoms with Crippen LogP contribution in [-0.4, -0.2) is 26.2 Å². The highest BCUT2D eigenvalue weighted by atomic mass is 16.5. The van der Waals surface area contributed by atoms with Gasteiger partial charge in [-0.2, -0.15) is 0 Å². The van der Waals surface area contributed by atoms with Crippen LogP contribution in [0.3, 0.4) is 0 Å². The number of ether oxygens (including phenoxy) is 1. The third-order valence-electron chi connectivity index (χ3n) is 3.61. The number of methoxy groups -OCH3 is 1. The Labute approximate surface area is 108 Å². The Morgan fingerprint density at radius 2 is 2.06 bits per heavy atom. The van der Waals surface area contributed by atoms with Crippen LogP contribution >= 0.6 is 0 Å². The molecule has 98 valence electrons. The molecule has 0 aromatic heterocycles. The average molecular weight is 249 g/mol. The Kier molecular flexibility index (Phi) is 4.20. The number of likely N-dealkylation sites (tertiary alicyclic amines) is 1. The molecule has 0 amide bonds. The first-order chi connectivity index (χ1) is 8.72. The van der Waals surface area contributed by atoms with Crippen molar-refractivity contribution in [3.63, 3.8) is 0 Å². The second-order valence-corrected chi connectivity index (χ2v) is 4.85. The first-order valence-corrected chi connectivity index (χ1v) is 6.51. The van der Waals surface area contributed by atoms with Crippen molar-refractivity contribution < 1.29 is 14.4 Å². The molecule has 1 aromatic carbocycles. The Morgan fingerprint density at radius 1 is 1.33 bits per heavy atom. The van der Waals surface area contributed by atoms with E-state index in [1.165, 1.54) is 31.3 Å². The number of benzene rings is 1. The standard InChI is InChI=1S/C14H20N2O2/c1-18-14(17)11-6-5-7-13(15)12(11)10-16-8-3-2-4-9-16/h5-7H,2-4,8-10,15H2,1H3/p+1. The first kappa shape index (κ1) is 12.9. The van der Waals surface area contributed by atoms with Crippen LogP contribution in [0.5, 0.6) is 0 Å². The second kappa shape index (κ2) is 5.87. The van der Waals surface area contributed by atoms with Crippen LogP contribution in [0.4, 0.5) is 5.69 Å². The summed E-state index contributed by atoms with van der Waals surface area (Å²) in [4.78, 5) is 13.2. The van der Waals surface area contributed by atoms with Gasteiger partial charge in [0.15, 0.2) is 0 Å². The van der Waals surface area contributed by atoms with E-state index in [2.05, 4.69) is 0 Å². The van der Waals surface area contributed by atoms with Gasteiger partial charge in [0.2, 0.25) is 0 Å². The Hall–Kier alpha value is -1.55. The molecule has 0 spiro atoms. The van der Waals surface area contributed by atoms with Crippen molar-refractivity contribution in [3.8, 4) is 0 Å². The number of hydrogen-bond acceptors (Lipinski definition) is 3. The fraction of sp³-hybridized carbons (Fsp3) is 0.500. The zero-order valence-corrected chi connectivity index (χ0v) is 10.9. The lowest BCUT2D eigenvalue weighted by molar-refractivity contribution is -0.918. The summed E-state index contributed by atoms with van der Waals surface area (Å²) in [5.74, 6) is -0.297. The van der Waals surface area contributed by atoms with E-state index in [1.54, 1.807) is 12.1 Å². The van der Waals surface area contributed by atoms with Gasteiger partial charge in [-0.25, -0.2) is 4.79 Å². The van der Waals surface area contributed by atoms with E-state index in [-0.39, 0.29) is 5.97 Å². The molecule has 2 rings (SSSR count). The zero-order valence-electron chi connectivity index (χ0n) is 10.9. The van der Waals surface area contributed by atoms with Crippen molar-refractivity contribution in [1.29, 1.82) is 0 Å². The third-order valence-corrected chi connectivity index (χ3v) is 3.61. The monoisotopic (exact) mass is 249 g/mol. The third kappa shape index (κ3) is 2.82. The predicted molar refractivity (Wildman–Crippen MR) is 70.4 cm³/mol. The molecule has 0 saturated carbocycles. The normalized spacial score (nSPS) is 16.5. The van der Waals surface area contributed by atoms with Gasteiger partial charge in [0, 0.05) is 11.3 Å². The smallest absolute Gasteiger partial charge is 0.338 e. The van der Waals surface area contributed by atoms with Crippen molar-refractivity contribution in [1.82, 2.24) is 0 Å². The predicted octanol–water partition coefficient (Wildman–Crippen LogP) is 0.624. The molecular formula is C14H21N2O2+. The number of hydrogen-bond donors (Lipinski definition) is 2. The quantitative estimate of drug-likeness (QED) is 0.610. The van der Waals surface area contributed by atoms with Crippen LogP contribution < -0.4 is 10.6 Å². The van der Waals surface area contributed by atoms with E-state index in [1.807, 2.05) is 6.07 Å². The molecule has 18 heavy (non-hydrogen) atoms. The maximum Gasteiger partial charge on any atom is 0.338 e. The molecule has 1 saturated heterocycles. The molecule has 3 N–H and O–H groups in total. The lowest BCUT2D eigenvalue weighted by atomic mass is 10.0. The summed E-state index contributed by atoms with van der Waals surface area (Å²) < 4.78 is 4.82. The number of esters is 1. The van der Waals surface area contributed by atoms with Crippen molar-refractivity contribution in [2.45, 2.75) is 25.8 Å². The zero-order chi connectivity index (χ0) is 13.0. The molecule has 4 heteroatoms. The lowest BCUT2D eigenvalue weighted by Gasteiger charge is -2.24. The highest BCUT2D eigenvalue weighted by Gasteiger charge is 2.20. The Morgan fingerprint density at radius 3 is 2.72 bits per heavy atom. The summed E-state index contributed by atoms with van der Waals surface area (Å²) >= 11 is 0. The van der Waals surface area contributed by atoms with E-state index < -0.39 is 0 Å². The molecule has 0 radical (unpaired) electrons. The molecule has 0 unspecified atom stereocenters. The van der Waals surface area contributed by atoms with Crippen LogP contribution in [0, 0.1) is 0 Å². The fourth-order valence-corrected chi connectivity index (χ4v) is 2.58. The van der Waals surface area contributed by atoms with Crippen molar-refractivity contribution in [3.05, 3.63) is 29.3 Å². The maximum atomic E-state index is 11.7. The summed E-state index contributed by atoms with van der Waals surface area (Å²) in [5.41, 5.74) is 8.24. The minimum Gasteiger partial charge on any atom is -0.465 e. The second-order valence-electron chi connectivity index (χ2n) is 4.85. The van der Waals surface area contributed by atoms with Gasteiger partial charge in [-0.1, -0.05) is 6.07 Å². The van der Waals surface area contributed by atoms with Crippen LogP contribution in [-0.2, 0) is 11.3 Å². The average Bonchev–Trinajstić information content (AvgIpc) is 2.41. The van der Waals surface area contributed by atoms with E-state index >= 15 is 0 Å². The van der Waals surface area contributed by atoms with Gasteiger partial charge < -0.3 is 15.4 Å². The topological polar surface area (TPSA) is 56.8 Å². The van der Waals surface area contributed by atoms with Gasteiger partial charge in [0.25, 0.3) is 0 Å². The molecule has 4 nitrogen and oxygen atoms in total. The number of quaternary nitrogens is 1. The van der Waals surface area contributed by atoms with Gasteiger partial charge >= 0.3 is 5.97 Å². The largest absolute Gasteiger partial charge is 0.465 e. The highest BCUT2D eigenvalue weighted by Crippen LogP contribution is 2.17. The van der Waals surface area contributed by atoms with E-state index in [0.717, 1.165) is 25.2 Å². The SMILES string of the molecule is COC(=O)c1cccc(N)c1C[NH+]1CCCCC1. The molecule has 1 aromatic rings. The van der Waals surface area contributed by atoms with Crippen molar-refractivity contribution in [2.75, 3.05) is 25.9 Å². The molecular weight excluding hydrogens is 228 g/mol. The number of nitrogens with two attached hydrogens (primary N) is 1. The number of carbonyl (C=O) groups excluding carboxylic acids is 1. The maximum absolute atomic E-state index is 11.7. The molecule has 0 aliphatic carbocycles. The van der Waals surface area contributed by atoms with E-state index in [0.29, 0.717) is 11.3 Å². The summed E-state index contributed by atoms with van der Waals surface area (Å²) in [6.07, 6.45) is 3.84. The summed E-state index contributed by atoms with van der Waals surface area (Å²) in [5, 5.41) is 0. The summed E-state index contributed by atoms with van der Waals surface area (Å²) in [7, 11) is 1.41. The highest BCUT2D eigenvalue weighted by molar-refractivity contribution is 5.92.